The van der Waals surface area contributed by atoms with Crippen molar-refractivity contribution in [1.29, 1.82) is 0 Å². The van der Waals surface area contributed by atoms with E-state index in [0.29, 0.717) is 5.54 Å². The van der Waals surface area contributed by atoms with Gasteiger partial charge in [-0.1, -0.05) is 52.9 Å². The van der Waals surface area contributed by atoms with Crippen LogP contribution in [0.2, 0.25) is 0 Å². The van der Waals surface area contributed by atoms with E-state index in [1.807, 2.05) is 0 Å². The molecule has 0 aliphatic rings. The third-order valence-corrected chi connectivity index (χ3v) is 3.88. The molecular formula is C15H33N. The van der Waals surface area contributed by atoms with Crippen molar-refractivity contribution < 1.29 is 0 Å². The molecule has 0 aromatic heterocycles. The van der Waals surface area contributed by atoms with E-state index < -0.39 is 0 Å². The molecule has 0 spiro atoms. The molecule has 0 aromatic rings. The SMILES string of the molecule is CCCCCCCCN(CC)C(C)(C)CC. The lowest BCUT2D eigenvalue weighted by Crippen LogP contribution is -2.43. The highest BCUT2D eigenvalue weighted by atomic mass is 15.2. The lowest BCUT2D eigenvalue weighted by atomic mass is 9.98. The Morgan fingerprint density at radius 3 is 1.88 bits per heavy atom. The molecule has 0 saturated carbocycles. The molecule has 0 amide bonds. The Balaban J connectivity index is 3.64. The van der Waals surface area contributed by atoms with Crippen LogP contribution in [0.15, 0.2) is 0 Å². The first-order valence-corrected chi connectivity index (χ1v) is 7.33. The summed E-state index contributed by atoms with van der Waals surface area (Å²) in [5, 5.41) is 0. The summed E-state index contributed by atoms with van der Waals surface area (Å²) in [4.78, 5) is 2.63. The third kappa shape index (κ3) is 6.52. The van der Waals surface area contributed by atoms with Gasteiger partial charge in [0.05, 0.1) is 0 Å². The van der Waals surface area contributed by atoms with Crippen LogP contribution in [0.25, 0.3) is 0 Å². The number of rotatable bonds is 10. The fourth-order valence-electron chi connectivity index (χ4n) is 2.20. The quantitative estimate of drug-likeness (QED) is 0.482. The van der Waals surface area contributed by atoms with Gasteiger partial charge >= 0.3 is 0 Å². The normalized spacial score (nSPS) is 12.4. The molecule has 0 N–H and O–H groups in total. The zero-order valence-corrected chi connectivity index (χ0v) is 12.3. The second-order valence-electron chi connectivity index (χ2n) is 5.51. The lowest BCUT2D eigenvalue weighted by Gasteiger charge is -2.37. The van der Waals surface area contributed by atoms with Gasteiger partial charge in [0.1, 0.15) is 0 Å². The monoisotopic (exact) mass is 227 g/mol. The van der Waals surface area contributed by atoms with Crippen LogP contribution in [-0.2, 0) is 0 Å². The molecule has 0 radical (unpaired) electrons. The Morgan fingerprint density at radius 2 is 1.38 bits per heavy atom. The second kappa shape index (κ2) is 9.04. The summed E-state index contributed by atoms with van der Waals surface area (Å²) in [5.41, 5.74) is 0.387. The van der Waals surface area contributed by atoms with Gasteiger partial charge in [-0.3, -0.25) is 4.90 Å². The van der Waals surface area contributed by atoms with Crippen molar-refractivity contribution in [2.45, 2.75) is 85.1 Å². The highest BCUT2D eigenvalue weighted by Gasteiger charge is 2.22. The minimum Gasteiger partial charge on any atom is -0.298 e. The Hall–Kier alpha value is -0.0400. The summed E-state index contributed by atoms with van der Waals surface area (Å²) >= 11 is 0. The Kier molecular flexibility index (Phi) is 9.02. The number of unbranched alkanes of at least 4 members (excludes halogenated alkanes) is 5. The molecular weight excluding hydrogens is 194 g/mol. The van der Waals surface area contributed by atoms with E-state index in [4.69, 9.17) is 0 Å². The predicted octanol–water partition coefficient (Wildman–Crippen LogP) is 4.86. The van der Waals surface area contributed by atoms with Gasteiger partial charge in [0.25, 0.3) is 0 Å². The summed E-state index contributed by atoms with van der Waals surface area (Å²) in [6.45, 7) is 14.1. The van der Waals surface area contributed by atoms with Crippen molar-refractivity contribution in [3.05, 3.63) is 0 Å². The van der Waals surface area contributed by atoms with E-state index in [1.165, 1.54) is 58.0 Å². The van der Waals surface area contributed by atoms with Crippen LogP contribution in [0.3, 0.4) is 0 Å². The first kappa shape index (κ1) is 16.0. The number of hydrogen-bond donors (Lipinski definition) is 0. The van der Waals surface area contributed by atoms with Crippen molar-refractivity contribution in [1.82, 2.24) is 4.90 Å². The fourth-order valence-corrected chi connectivity index (χ4v) is 2.20. The zero-order valence-electron chi connectivity index (χ0n) is 12.3. The van der Waals surface area contributed by atoms with Gasteiger partial charge in [-0.15, -0.1) is 0 Å². The molecule has 98 valence electrons. The first-order chi connectivity index (χ1) is 7.58. The molecule has 0 heterocycles. The minimum atomic E-state index is 0.387. The molecule has 0 aliphatic heterocycles. The highest BCUT2D eigenvalue weighted by Crippen LogP contribution is 2.19. The Bertz CT molecular complexity index is 152. The van der Waals surface area contributed by atoms with Gasteiger partial charge < -0.3 is 0 Å². The van der Waals surface area contributed by atoms with Gasteiger partial charge in [-0.05, 0) is 39.8 Å². The second-order valence-corrected chi connectivity index (χ2v) is 5.51. The van der Waals surface area contributed by atoms with E-state index >= 15 is 0 Å². The predicted molar refractivity (Wildman–Crippen MR) is 75.0 cm³/mol. The Labute approximate surface area is 104 Å². The molecule has 0 rings (SSSR count). The van der Waals surface area contributed by atoms with Crippen LogP contribution in [0, 0.1) is 0 Å². The smallest absolute Gasteiger partial charge is 0.0150 e. The molecule has 1 heteroatoms. The molecule has 0 aliphatic carbocycles. The maximum Gasteiger partial charge on any atom is 0.0150 e. The minimum absolute atomic E-state index is 0.387. The maximum absolute atomic E-state index is 2.63. The van der Waals surface area contributed by atoms with E-state index in [0.717, 1.165) is 0 Å². The van der Waals surface area contributed by atoms with Crippen molar-refractivity contribution in [3.8, 4) is 0 Å². The van der Waals surface area contributed by atoms with Crippen molar-refractivity contribution in [2.75, 3.05) is 13.1 Å². The van der Waals surface area contributed by atoms with Gasteiger partial charge in [0.2, 0.25) is 0 Å². The van der Waals surface area contributed by atoms with Crippen LogP contribution in [0.1, 0.15) is 79.6 Å². The van der Waals surface area contributed by atoms with Gasteiger partial charge in [-0.25, -0.2) is 0 Å². The maximum atomic E-state index is 2.63. The zero-order chi connectivity index (χ0) is 12.4. The first-order valence-electron chi connectivity index (χ1n) is 7.33. The van der Waals surface area contributed by atoms with E-state index in [2.05, 4.69) is 39.5 Å². The molecule has 0 fully saturated rings. The van der Waals surface area contributed by atoms with Crippen LogP contribution in [0.5, 0.6) is 0 Å². The highest BCUT2D eigenvalue weighted by molar-refractivity contribution is 4.78. The van der Waals surface area contributed by atoms with Crippen molar-refractivity contribution in [2.24, 2.45) is 0 Å². The standard InChI is InChI=1S/C15H33N/c1-6-9-10-11-12-13-14-16(8-3)15(4,5)7-2/h6-14H2,1-5H3. The van der Waals surface area contributed by atoms with E-state index in [9.17, 15) is 0 Å². The largest absolute Gasteiger partial charge is 0.298 e. The summed E-state index contributed by atoms with van der Waals surface area (Å²) in [7, 11) is 0. The van der Waals surface area contributed by atoms with Gasteiger partial charge in [0, 0.05) is 5.54 Å². The lowest BCUT2D eigenvalue weighted by molar-refractivity contribution is 0.120. The van der Waals surface area contributed by atoms with Crippen LogP contribution in [0.4, 0.5) is 0 Å². The molecule has 0 aromatic carbocycles. The van der Waals surface area contributed by atoms with Crippen molar-refractivity contribution in [3.63, 3.8) is 0 Å². The third-order valence-electron chi connectivity index (χ3n) is 3.88. The van der Waals surface area contributed by atoms with Gasteiger partial charge in [0.15, 0.2) is 0 Å². The van der Waals surface area contributed by atoms with E-state index in [1.54, 1.807) is 0 Å². The molecule has 0 bridgehead atoms. The molecule has 0 saturated heterocycles. The molecule has 1 nitrogen and oxygen atoms in total. The summed E-state index contributed by atoms with van der Waals surface area (Å²) < 4.78 is 0. The summed E-state index contributed by atoms with van der Waals surface area (Å²) in [6.07, 6.45) is 9.66. The molecule has 0 unspecified atom stereocenters. The van der Waals surface area contributed by atoms with Crippen LogP contribution < -0.4 is 0 Å². The number of nitrogens with zero attached hydrogens (tertiary/aromatic N) is 1. The topological polar surface area (TPSA) is 3.24 Å². The Morgan fingerprint density at radius 1 is 0.812 bits per heavy atom. The van der Waals surface area contributed by atoms with Crippen molar-refractivity contribution >= 4 is 0 Å². The average Bonchev–Trinajstić information content (AvgIpc) is 2.28. The van der Waals surface area contributed by atoms with E-state index in [-0.39, 0.29) is 0 Å². The molecule has 16 heavy (non-hydrogen) atoms. The average molecular weight is 227 g/mol. The molecule has 0 atom stereocenters. The van der Waals surface area contributed by atoms with Gasteiger partial charge in [-0.2, -0.15) is 0 Å². The van der Waals surface area contributed by atoms with Crippen LogP contribution in [-0.4, -0.2) is 23.5 Å². The van der Waals surface area contributed by atoms with Crippen LogP contribution >= 0.6 is 0 Å². The summed E-state index contributed by atoms with van der Waals surface area (Å²) in [5.74, 6) is 0. The summed E-state index contributed by atoms with van der Waals surface area (Å²) in [6, 6.07) is 0. The fraction of sp³-hybridized carbons (Fsp3) is 1.00. The number of hydrogen-bond acceptors (Lipinski definition) is 1.